The summed E-state index contributed by atoms with van der Waals surface area (Å²) in [5.41, 5.74) is -0.584. The number of nitrogens with one attached hydrogen (secondary N) is 1. The first kappa shape index (κ1) is 14.3. The Morgan fingerprint density at radius 3 is 2.80 bits per heavy atom. The molecular formula is C11H17N5O4. The molecule has 1 saturated heterocycles. The summed E-state index contributed by atoms with van der Waals surface area (Å²) in [5, 5.41) is 15.3. The lowest BCUT2D eigenvalue weighted by Crippen LogP contribution is -2.65. The van der Waals surface area contributed by atoms with Crippen molar-refractivity contribution in [2.75, 3.05) is 19.7 Å². The summed E-state index contributed by atoms with van der Waals surface area (Å²) in [6.07, 6.45) is 1.56. The third-order valence-corrected chi connectivity index (χ3v) is 2.93. The minimum atomic E-state index is -1.02. The van der Waals surface area contributed by atoms with Gasteiger partial charge in [0.05, 0.1) is 19.6 Å². The fourth-order valence-corrected chi connectivity index (χ4v) is 1.96. The molecule has 1 aliphatic heterocycles. The number of aliphatic carboxylic acids is 1. The average molecular weight is 283 g/mol. The first-order chi connectivity index (χ1) is 9.38. The molecule has 9 nitrogen and oxygen atoms in total. The number of rotatable bonds is 5. The van der Waals surface area contributed by atoms with Crippen molar-refractivity contribution in [3.05, 3.63) is 12.2 Å². The lowest BCUT2D eigenvalue weighted by molar-refractivity contribution is -0.159. The lowest BCUT2D eigenvalue weighted by atomic mass is 9.97. The largest absolute Gasteiger partial charge is 0.480 e. The van der Waals surface area contributed by atoms with Crippen LogP contribution in [0.3, 0.4) is 0 Å². The Labute approximate surface area is 115 Å². The number of urea groups is 1. The highest BCUT2D eigenvalue weighted by molar-refractivity contribution is 5.75. The highest BCUT2D eigenvalue weighted by atomic mass is 16.5. The van der Waals surface area contributed by atoms with Crippen molar-refractivity contribution < 1.29 is 19.4 Å². The first-order valence-corrected chi connectivity index (χ1v) is 6.11. The second kappa shape index (κ2) is 5.45. The summed E-state index contributed by atoms with van der Waals surface area (Å²) in [6, 6.07) is -0.242. The van der Waals surface area contributed by atoms with Crippen molar-refractivity contribution in [1.29, 1.82) is 0 Å². The summed E-state index contributed by atoms with van der Waals surface area (Å²) >= 11 is 0. The van der Waals surface area contributed by atoms with Crippen LogP contribution in [0.2, 0.25) is 0 Å². The van der Waals surface area contributed by atoms with E-state index in [0.29, 0.717) is 18.9 Å². The molecule has 2 amide bonds. The summed E-state index contributed by atoms with van der Waals surface area (Å²) in [7, 11) is 1.75. The number of likely N-dealkylation sites (tertiary alicyclic amines) is 1. The van der Waals surface area contributed by atoms with Gasteiger partial charge in [-0.2, -0.15) is 5.10 Å². The van der Waals surface area contributed by atoms with E-state index in [1.165, 1.54) is 0 Å². The SMILES string of the molecule is Cn1cnc(CNC(=O)N2CC(C)(OCC(=O)O)C2)n1. The van der Waals surface area contributed by atoms with Crippen LogP contribution in [0.4, 0.5) is 4.79 Å². The number of amides is 2. The third kappa shape index (κ3) is 3.44. The quantitative estimate of drug-likeness (QED) is 0.732. The van der Waals surface area contributed by atoms with Crippen molar-refractivity contribution in [2.45, 2.75) is 19.1 Å². The highest BCUT2D eigenvalue weighted by Gasteiger charge is 2.42. The van der Waals surface area contributed by atoms with Crippen LogP contribution in [0.5, 0.6) is 0 Å². The Morgan fingerprint density at radius 2 is 2.25 bits per heavy atom. The second-order valence-corrected chi connectivity index (χ2v) is 4.98. The van der Waals surface area contributed by atoms with Gasteiger partial charge in [0, 0.05) is 7.05 Å². The van der Waals surface area contributed by atoms with Crippen LogP contribution >= 0.6 is 0 Å². The van der Waals surface area contributed by atoms with E-state index in [9.17, 15) is 9.59 Å². The molecule has 2 rings (SSSR count). The van der Waals surface area contributed by atoms with E-state index < -0.39 is 11.6 Å². The number of carboxylic acids is 1. The van der Waals surface area contributed by atoms with Gasteiger partial charge in [0.15, 0.2) is 5.82 Å². The van der Waals surface area contributed by atoms with Gasteiger partial charge in [-0.25, -0.2) is 14.6 Å². The van der Waals surface area contributed by atoms with Crippen LogP contribution in [-0.4, -0.2) is 62.1 Å². The fraction of sp³-hybridized carbons (Fsp3) is 0.636. The molecule has 1 fully saturated rings. The number of carboxylic acid groups (broad SMARTS) is 1. The molecule has 1 aromatic heterocycles. The molecule has 0 unspecified atom stereocenters. The van der Waals surface area contributed by atoms with Crippen LogP contribution < -0.4 is 5.32 Å². The maximum atomic E-state index is 11.8. The maximum absolute atomic E-state index is 11.8. The standard InChI is InChI=1S/C11H17N5O4/c1-11(20-4-9(17)18)5-16(6-11)10(19)12-3-8-13-7-15(2)14-8/h7H,3-6H2,1-2H3,(H,12,19)(H,17,18). The van der Waals surface area contributed by atoms with E-state index in [1.54, 1.807) is 29.9 Å². The van der Waals surface area contributed by atoms with E-state index in [4.69, 9.17) is 9.84 Å². The average Bonchev–Trinajstić information content (AvgIpc) is 2.76. The molecule has 0 aliphatic carbocycles. The molecule has 1 aromatic rings. The molecular weight excluding hydrogens is 266 g/mol. The van der Waals surface area contributed by atoms with Gasteiger partial charge in [-0.15, -0.1) is 0 Å². The molecule has 1 aliphatic rings. The Morgan fingerprint density at radius 1 is 1.55 bits per heavy atom. The van der Waals surface area contributed by atoms with Gasteiger partial charge < -0.3 is 20.1 Å². The van der Waals surface area contributed by atoms with Crippen molar-refractivity contribution >= 4 is 12.0 Å². The van der Waals surface area contributed by atoms with Crippen LogP contribution in [0.25, 0.3) is 0 Å². The smallest absolute Gasteiger partial charge is 0.329 e. The Kier molecular flexibility index (Phi) is 3.89. The summed E-state index contributed by atoms with van der Waals surface area (Å²) < 4.78 is 6.78. The normalized spacial score (nSPS) is 16.6. The van der Waals surface area contributed by atoms with E-state index >= 15 is 0 Å². The number of carbonyl (C=O) groups excluding carboxylic acids is 1. The number of nitrogens with zero attached hydrogens (tertiary/aromatic N) is 4. The van der Waals surface area contributed by atoms with Gasteiger partial charge in [-0.05, 0) is 6.92 Å². The summed E-state index contributed by atoms with van der Waals surface area (Å²) in [5.74, 6) is -0.485. The van der Waals surface area contributed by atoms with Gasteiger partial charge in [0.1, 0.15) is 18.5 Å². The van der Waals surface area contributed by atoms with Crippen LogP contribution in [0.1, 0.15) is 12.7 Å². The van der Waals surface area contributed by atoms with Gasteiger partial charge in [-0.3, -0.25) is 4.68 Å². The monoisotopic (exact) mass is 283 g/mol. The Balaban J connectivity index is 1.72. The van der Waals surface area contributed by atoms with Gasteiger partial charge >= 0.3 is 12.0 Å². The van der Waals surface area contributed by atoms with E-state index in [0.717, 1.165) is 0 Å². The molecule has 0 bridgehead atoms. The number of ether oxygens (including phenoxy) is 1. The van der Waals surface area contributed by atoms with Crippen molar-refractivity contribution in [2.24, 2.45) is 7.05 Å². The summed E-state index contributed by atoms with van der Waals surface area (Å²) in [6.45, 7) is 2.40. The predicted molar refractivity (Wildman–Crippen MR) is 66.8 cm³/mol. The number of hydrogen-bond acceptors (Lipinski definition) is 5. The molecule has 20 heavy (non-hydrogen) atoms. The molecule has 0 atom stereocenters. The van der Waals surface area contributed by atoms with E-state index in [1.807, 2.05) is 0 Å². The number of hydrogen-bond donors (Lipinski definition) is 2. The first-order valence-electron chi connectivity index (χ1n) is 6.11. The van der Waals surface area contributed by atoms with Gasteiger partial charge in [-0.1, -0.05) is 0 Å². The third-order valence-electron chi connectivity index (χ3n) is 2.93. The molecule has 9 heteroatoms. The molecule has 0 spiro atoms. The minimum Gasteiger partial charge on any atom is -0.480 e. The van der Waals surface area contributed by atoms with E-state index in [-0.39, 0.29) is 19.2 Å². The predicted octanol–water partition coefficient (Wildman–Crippen LogP) is -0.800. The molecule has 110 valence electrons. The Bertz CT molecular complexity index is 509. The molecule has 2 N–H and O–H groups in total. The Hall–Kier alpha value is -2.16. The van der Waals surface area contributed by atoms with Crippen molar-refractivity contribution in [3.8, 4) is 0 Å². The topological polar surface area (TPSA) is 110 Å². The second-order valence-electron chi connectivity index (χ2n) is 4.98. The number of aryl methyl sites for hydroxylation is 1. The summed E-state index contributed by atoms with van der Waals surface area (Å²) in [4.78, 5) is 27.8. The van der Waals surface area contributed by atoms with Crippen molar-refractivity contribution in [3.63, 3.8) is 0 Å². The molecule has 0 saturated carbocycles. The van der Waals surface area contributed by atoms with Gasteiger partial charge in [0.25, 0.3) is 0 Å². The minimum absolute atomic E-state index is 0.242. The zero-order chi connectivity index (χ0) is 14.8. The van der Waals surface area contributed by atoms with Crippen LogP contribution in [0.15, 0.2) is 6.33 Å². The molecule has 2 heterocycles. The van der Waals surface area contributed by atoms with Crippen LogP contribution in [0, 0.1) is 0 Å². The maximum Gasteiger partial charge on any atom is 0.329 e. The fourth-order valence-electron chi connectivity index (χ4n) is 1.96. The van der Waals surface area contributed by atoms with Crippen LogP contribution in [-0.2, 0) is 23.1 Å². The zero-order valence-corrected chi connectivity index (χ0v) is 11.4. The lowest BCUT2D eigenvalue weighted by Gasteiger charge is -2.46. The van der Waals surface area contributed by atoms with E-state index in [2.05, 4.69) is 15.4 Å². The molecule has 0 aromatic carbocycles. The zero-order valence-electron chi connectivity index (χ0n) is 11.4. The number of carbonyl (C=O) groups is 2. The van der Waals surface area contributed by atoms with Gasteiger partial charge in [0.2, 0.25) is 0 Å². The highest BCUT2D eigenvalue weighted by Crippen LogP contribution is 2.24. The van der Waals surface area contributed by atoms with Crippen molar-refractivity contribution in [1.82, 2.24) is 25.0 Å². The molecule has 0 radical (unpaired) electrons. The number of aromatic nitrogens is 3.